The van der Waals surface area contributed by atoms with Gasteiger partial charge >= 0.3 is 0 Å². The molecule has 1 aliphatic rings. The van der Waals surface area contributed by atoms with Crippen molar-refractivity contribution < 1.29 is 0 Å². The van der Waals surface area contributed by atoms with E-state index >= 15 is 0 Å². The molecule has 1 fully saturated rings. The molecule has 0 amide bonds. The number of hydrogen-bond acceptors (Lipinski definition) is 3. The normalized spacial score (nSPS) is 21.9. The molecule has 0 aromatic heterocycles. The zero-order valence-corrected chi connectivity index (χ0v) is 10.4. The fourth-order valence-electron chi connectivity index (χ4n) is 1.94. The zero-order chi connectivity index (χ0) is 10.8. The number of halogens is 1. The Balaban J connectivity index is 2.04. The summed E-state index contributed by atoms with van der Waals surface area (Å²) in [6.07, 6.45) is 1.19. The number of anilines is 2. The molecular weight excluding hydrogens is 254 g/mol. The van der Waals surface area contributed by atoms with Crippen molar-refractivity contribution >= 4 is 27.3 Å². The summed E-state index contributed by atoms with van der Waals surface area (Å²) in [7, 11) is 2.15. The molecule has 82 valence electrons. The van der Waals surface area contributed by atoms with Gasteiger partial charge in [0.25, 0.3) is 0 Å². The average Bonchev–Trinajstić information content (AvgIpc) is 2.56. The van der Waals surface area contributed by atoms with E-state index in [4.69, 9.17) is 5.73 Å². The lowest BCUT2D eigenvalue weighted by Gasteiger charge is -2.16. The summed E-state index contributed by atoms with van der Waals surface area (Å²) in [5.41, 5.74) is 7.77. The Morgan fingerprint density at radius 1 is 1.53 bits per heavy atom. The van der Waals surface area contributed by atoms with E-state index in [1.165, 1.54) is 6.42 Å². The van der Waals surface area contributed by atoms with Gasteiger partial charge in [-0.3, -0.25) is 0 Å². The quantitative estimate of drug-likeness (QED) is 0.809. The number of nitrogen functional groups attached to an aromatic ring is 1. The minimum atomic E-state index is 0.526. The molecule has 0 bridgehead atoms. The number of nitrogens with zero attached hydrogens (tertiary/aromatic N) is 1. The molecule has 0 spiro atoms. The van der Waals surface area contributed by atoms with Crippen LogP contribution >= 0.6 is 15.9 Å². The van der Waals surface area contributed by atoms with Crippen LogP contribution in [-0.2, 0) is 0 Å². The second-order valence-electron chi connectivity index (χ2n) is 4.12. The van der Waals surface area contributed by atoms with Crippen LogP contribution in [-0.4, -0.2) is 31.1 Å². The number of nitrogens with two attached hydrogens (primary N) is 1. The predicted molar refractivity (Wildman–Crippen MR) is 68.1 cm³/mol. The Morgan fingerprint density at radius 3 is 2.93 bits per heavy atom. The molecular formula is C11H16BrN3. The third-order valence-corrected chi connectivity index (χ3v) is 3.26. The van der Waals surface area contributed by atoms with Crippen LogP contribution in [0.5, 0.6) is 0 Å². The first-order valence-electron chi connectivity index (χ1n) is 5.15. The van der Waals surface area contributed by atoms with Gasteiger partial charge in [-0.25, -0.2) is 0 Å². The molecule has 3 nitrogen and oxygen atoms in total. The highest BCUT2D eigenvalue weighted by molar-refractivity contribution is 9.10. The van der Waals surface area contributed by atoms with Gasteiger partial charge in [0.1, 0.15) is 0 Å². The topological polar surface area (TPSA) is 41.3 Å². The van der Waals surface area contributed by atoms with Gasteiger partial charge in [-0.05, 0) is 38.2 Å². The molecule has 2 rings (SSSR count). The summed E-state index contributed by atoms with van der Waals surface area (Å²) in [5, 5.41) is 3.48. The van der Waals surface area contributed by atoms with Crippen molar-refractivity contribution in [1.29, 1.82) is 0 Å². The second kappa shape index (κ2) is 4.41. The van der Waals surface area contributed by atoms with E-state index in [0.717, 1.165) is 28.9 Å². The largest absolute Gasteiger partial charge is 0.397 e. The van der Waals surface area contributed by atoms with Gasteiger partial charge in [-0.15, -0.1) is 0 Å². The van der Waals surface area contributed by atoms with E-state index < -0.39 is 0 Å². The molecule has 1 saturated heterocycles. The molecule has 1 atom stereocenters. The maximum Gasteiger partial charge on any atom is 0.0577 e. The summed E-state index contributed by atoms with van der Waals surface area (Å²) in [4.78, 5) is 2.33. The van der Waals surface area contributed by atoms with Crippen molar-refractivity contribution in [3.63, 3.8) is 0 Å². The highest BCUT2D eigenvalue weighted by Crippen LogP contribution is 2.25. The Hall–Kier alpha value is -0.740. The Labute approximate surface area is 98.8 Å². The van der Waals surface area contributed by atoms with Gasteiger partial charge in [-0.2, -0.15) is 0 Å². The maximum atomic E-state index is 5.93. The second-order valence-corrected chi connectivity index (χ2v) is 5.04. The van der Waals surface area contributed by atoms with Gasteiger partial charge in [-0.1, -0.05) is 15.9 Å². The van der Waals surface area contributed by atoms with Gasteiger partial charge in [0.2, 0.25) is 0 Å². The van der Waals surface area contributed by atoms with E-state index in [9.17, 15) is 0 Å². The number of likely N-dealkylation sites (N-methyl/N-ethyl adjacent to an activating group) is 1. The van der Waals surface area contributed by atoms with Crippen molar-refractivity contribution in [2.24, 2.45) is 0 Å². The highest BCUT2D eigenvalue weighted by Gasteiger charge is 2.19. The number of rotatable bonds is 2. The first kappa shape index (κ1) is 10.8. The van der Waals surface area contributed by atoms with Crippen molar-refractivity contribution in [2.45, 2.75) is 12.5 Å². The lowest BCUT2D eigenvalue weighted by molar-refractivity contribution is 0.414. The fourth-order valence-corrected chi connectivity index (χ4v) is 2.32. The third kappa shape index (κ3) is 2.63. The van der Waals surface area contributed by atoms with Crippen LogP contribution in [0.3, 0.4) is 0 Å². The van der Waals surface area contributed by atoms with E-state index in [0.29, 0.717) is 6.04 Å². The zero-order valence-electron chi connectivity index (χ0n) is 8.83. The van der Waals surface area contributed by atoms with Crippen LogP contribution in [0.15, 0.2) is 22.7 Å². The molecule has 0 radical (unpaired) electrons. The van der Waals surface area contributed by atoms with Gasteiger partial charge in [0.15, 0.2) is 0 Å². The number of nitrogens with one attached hydrogen (secondary N) is 1. The van der Waals surface area contributed by atoms with Crippen LogP contribution in [0.1, 0.15) is 6.42 Å². The Morgan fingerprint density at radius 2 is 2.33 bits per heavy atom. The molecule has 0 saturated carbocycles. The number of likely N-dealkylation sites (tertiary alicyclic amines) is 1. The average molecular weight is 270 g/mol. The summed E-state index contributed by atoms with van der Waals surface area (Å²) >= 11 is 3.40. The summed E-state index contributed by atoms with van der Waals surface area (Å²) in [6, 6.07) is 6.49. The standard InChI is InChI=1S/C11H16BrN3/c1-15-5-4-9(7-15)14-11-3-2-8(12)6-10(11)13/h2-3,6,9,14H,4-5,7,13H2,1H3/t9-/m0/s1. The first-order valence-corrected chi connectivity index (χ1v) is 5.94. The lowest BCUT2D eigenvalue weighted by atomic mass is 10.2. The van der Waals surface area contributed by atoms with Crippen LogP contribution < -0.4 is 11.1 Å². The molecule has 0 unspecified atom stereocenters. The minimum Gasteiger partial charge on any atom is -0.397 e. The maximum absolute atomic E-state index is 5.93. The monoisotopic (exact) mass is 269 g/mol. The van der Waals surface area contributed by atoms with Gasteiger partial charge < -0.3 is 16.0 Å². The Bertz CT molecular complexity index is 354. The van der Waals surface area contributed by atoms with Crippen molar-refractivity contribution in [3.05, 3.63) is 22.7 Å². The molecule has 4 heteroatoms. The minimum absolute atomic E-state index is 0.526. The van der Waals surface area contributed by atoms with Crippen LogP contribution in [0.4, 0.5) is 11.4 Å². The number of benzene rings is 1. The van der Waals surface area contributed by atoms with Crippen LogP contribution in [0.2, 0.25) is 0 Å². The smallest absolute Gasteiger partial charge is 0.0577 e. The SMILES string of the molecule is CN1CC[C@H](Nc2ccc(Br)cc2N)C1. The molecule has 1 aromatic rings. The van der Waals surface area contributed by atoms with Crippen LogP contribution in [0, 0.1) is 0 Å². The Kier molecular flexibility index (Phi) is 3.17. The van der Waals surface area contributed by atoms with E-state index in [-0.39, 0.29) is 0 Å². The van der Waals surface area contributed by atoms with Crippen molar-refractivity contribution in [2.75, 3.05) is 31.2 Å². The first-order chi connectivity index (χ1) is 7.15. The number of hydrogen-bond donors (Lipinski definition) is 2. The lowest BCUT2D eigenvalue weighted by Crippen LogP contribution is -2.23. The summed E-state index contributed by atoms with van der Waals surface area (Å²) in [6.45, 7) is 2.25. The third-order valence-electron chi connectivity index (χ3n) is 2.76. The van der Waals surface area contributed by atoms with E-state index in [2.05, 4.69) is 33.2 Å². The van der Waals surface area contributed by atoms with Gasteiger partial charge in [0, 0.05) is 17.1 Å². The molecule has 1 heterocycles. The van der Waals surface area contributed by atoms with Crippen molar-refractivity contribution in [3.8, 4) is 0 Å². The molecule has 3 N–H and O–H groups in total. The van der Waals surface area contributed by atoms with Gasteiger partial charge in [0.05, 0.1) is 11.4 Å². The molecule has 15 heavy (non-hydrogen) atoms. The predicted octanol–water partition coefficient (Wildman–Crippen LogP) is 2.15. The molecule has 1 aromatic carbocycles. The summed E-state index contributed by atoms with van der Waals surface area (Å²) in [5.74, 6) is 0. The summed E-state index contributed by atoms with van der Waals surface area (Å²) < 4.78 is 1.02. The molecule has 0 aliphatic carbocycles. The van der Waals surface area contributed by atoms with E-state index in [1.807, 2.05) is 18.2 Å². The highest BCUT2D eigenvalue weighted by atomic mass is 79.9. The van der Waals surface area contributed by atoms with Crippen molar-refractivity contribution in [1.82, 2.24) is 4.90 Å². The fraction of sp³-hybridized carbons (Fsp3) is 0.455. The molecule has 1 aliphatic heterocycles. The van der Waals surface area contributed by atoms with Crippen LogP contribution in [0.25, 0.3) is 0 Å². The van der Waals surface area contributed by atoms with E-state index in [1.54, 1.807) is 0 Å².